The van der Waals surface area contributed by atoms with Gasteiger partial charge in [0, 0.05) is 0 Å². The van der Waals surface area contributed by atoms with Gasteiger partial charge >= 0.3 is 18.1 Å². The van der Waals surface area contributed by atoms with Crippen molar-refractivity contribution in [3.05, 3.63) is 0 Å². The Morgan fingerprint density at radius 2 is 1.71 bits per heavy atom. The number of ether oxygens (including phenoxy) is 3. The number of fused-ring (bicyclic) bond motifs is 4. The van der Waals surface area contributed by atoms with E-state index in [1.165, 1.54) is 44.9 Å². The van der Waals surface area contributed by atoms with Gasteiger partial charge < -0.3 is 14.2 Å². The molecule has 0 amide bonds. The first-order valence-electron chi connectivity index (χ1n) is 14.2. The molecule has 0 N–H and O–H groups in total. The molecule has 0 radical (unpaired) electrons. The van der Waals surface area contributed by atoms with E-state index in [2.05, 4.69) is 0 Å². The van der Waals surface area contributed by atoms with E-state index in [-0.39, 0.29) is 35.8 Å². The largest absolute Gasteiger partial charge is 0.516 e. The molecule has 0 saturated heterocycles. The molecule has 6 rings (SSSR count). The Bertz CT molecular complexity index is 909. The average molecular weight is 487 g/mol. The van der Waals surface area contributed by atoms with Crippen molar-refractivity contribution in [1.82, 2.24) is 0 Å². The van der Waals surface area contributed by atoms with E-state index in [0.717, 1.165) is 38.0 Å². The summed E-state index contributed by atoms with van der Waals surface area (Å²) >= 11 is 0. The van der Waals surface area contributed by atoms with Crippen molar-refractivity contribution in [1.29, 1.82) is 0 Å². The highest BCUT2D eigenvalue weighted by Crippen LogP contribution is 2.83. The van der Waals surface area contributed by atoms with Gasteiger partial charge in [0.25, 0.3) is 0 Å². The summed E-state index contributed by atoms with van der Waals surface area (Å²) in [5.74, 6) is 2.64. The highest BCUT2D eigenvalue weighted by molar-refractivity contribution is 5.83. The van der Waals surface area contributed by atoms with Crippen LogP contribution in [0.4, 0.5) is 4.79 Å². The first-order chi connectivity index (χ1) is 16.7. The molecular formula is C29H42O6. The van der Waals surface area contributed by atoms with Crippen LogP contribution in [0.25, 0.3) is 0 Å². The number of hydrogen-bond donors (Lipinski definition) is 0. The molecule has 9 atom stereocenters. The quantitative estimate of drug-likeness (QED) is 0.355. The second-order valence-electron chi connectivity index (χ2n) is 13.8. The van der Waals surface area contributed by atoms with Gasteiger partial charge in [-0.2, -0.15) is 0 Å². The van der Waals surface area contributed by atoms with Crippen LogP contribution in [0.1, 0.15) is 90.9 Å². The van der Waals surface area contributed by atoms with E-state index in [4.69, 9.17) is 14.2 Å². The third-order valence-corrected chi connectivity index (χ3v) is 11.6. The Hall–Kier alpha value is -1.59. The summed E-state index contributed by atoms with van der Waals surface area (Å²) in [5.41, 5.74) is 0.388. The number of carbonyl (C=O) groups is 3. The fourth-order valence-electron chi connectivity index (χ4n) is 10.8. The SMILES string of the molecule is COC(=O)C12CCCC3CC1C(C14CC5CC(C(=O)OC(=O)OCC(C)C)CC(C1)C(C5)C4)(C3)C2. The molecule has 6 heteroatoms. The van der Waals surface area contributed by atoms with Gasteiger partial charge in [-0.25, -0.2) is 4.79 Å². The molecule has 0 aromatic rings. The smallest absolute Gasteiger partial charge is 0.469 e. The molecule has 6 nitrogen and oxygen atoms in total. The Balaban J connectivity index is 1.20. The van der Waals surface area contributed by atoms with Crippen molar-refractivity contribution < 1.29 is 28.6 Å². The molecule has 9 unspecified atom stereocenters. The highest BCUT2D eigenvalue weighted by Gasteiger charge is 2.78. The second-order valence-corrected chi connectivity index (χ2v) is 13.8. The van der Waals surface area contributed by atoms with Gasteiger partial charge in [-0.15, -0.1) is 0 Å². The minimum absolute atomic E-state index is 0.0507. The van der Waals surface area contributed by atoms with Gasteiger partial charge in [-0.05, 0) is 111 Å². The zero-order valence-corrected chi connectivity index (χ0v) is 21.7. The number of carbonyl (C=O) groups excluding carboxylic acids is 3. The lowest BCUT2D eigenvalue weighted by atomic mass is 9.36. The van der Waals surface area contributed by atoms with Gasteiger partial charge in [-0.1, -0.05) is 26.7 Å². The molecule has 35 heavy (non-hydrogen) atoms. The lowest BCUT2D eigenvalue weighted by Crippen LogP contribution is -2.64. The fraction of sp³-hybridized carbons (Fsp3) is 0.897. The summed E-state index contributed by atoms with van der Waals surface area (Å²) in [4.78, 5) is 38.0. The normalized spacial score (nSPS) is 47.0. The molecular weight excluding hydrogens is 444 g/mol. The molecule has 5 bridgehead atoms. The number of esters is 2. The van der Waals surface area contributed by atoms with Crippen molar-refractivity contribution >= 4 is 18.1 Å². The predicted octanol–water partition coefficient (Wildman–Crippen LogP) is 5.91. The molecule has 6 aliphatic carbocycles. The Morgan fingerprint density at radius 3 is 2.46 bits per heavy atom. The van der Waals surface area contributed by atoms with E-state index in [0.29, 0.717) is 34.5 Å². The van der Waals surface area contributed by atoms with Crippen LogP contribution in [0.3, 0.4) is 0 Å². The third kappa shape index (κ3) is 3.43. The Morgan fingerprint density at radius 1 is 0.943 bits per heavy atom. The van der Waals surface area contributed by atoms with Crippen molar-refractivity contribution in [2.45, 2.75) is 90.9 Å². The van der Waals surface area contributed by atoms with Crippen LogP contribution in [0.5, 0.6) is 0 Å². The topological polar surface area (TPSA) is 78.9 Å². The van der Waals surface area contributed by atoms with Crippen LogP contribution in [-0.2, 0) is 23.8 Å². The van der Waals surface area contributed by atoms with Crippen LogP contribution < -0.4 is 0 Å². The van der Waals surface area contributed by atoms with Gasteiger partial charge in [0.05, 0.1) is 25.0 Å². The fourth-order valence-corrected chi connectivity index (χ4v) is 10.8. The van der Waals surface area contributed by atoms with Crippen LogP contribution >= 0.6 is 0 Å². The summed E-state index contributed by atoms with van der Waals surface area (Å²) < 4.78 is 15.6. The zero-order valence-electron chi connectivity index (χ0n) is 21.7. The summed E-state index contributed by atoms with van der Waals surface area (Å²) in [6.45, 7) is 4.18. The van der Waals surface area contributed by atoms with Crippen LogP contribution in [0.2, 0.25) is 0 Å². The molecule has 0 heterocycles. The maximum absolute atomic E-state index is 13.1. The molecule has 6 fully saturated rings. The van der Waals surface area contributed by atoms with Crippen molar-refractivity contribution in [3.63, 3.8) is 0 Å². The Kier molecular flexibility index (Phi) is 5.58. The molecule has 0 spiro atoms. The standard InChI is InChI=1S/C29H42O6/c1-17(2)15-34-26(32)35-24(30)20-7-19-8-21-13-27(11-19,14-22(21)10-20)29-12-18-5-4-6-28(16-29,23(29)9-18)25(31)33-3/h17-23H,4-16H2,1-3H3. The Labute approximate surface area is 209 Å². The zero-order chi connectivity index (χ0) is 24.6. The number of hydrogen-bond acceptors (Lipinski definition) is 6. The monoisotopic (exact) mass is 486 g/mol. The first kappa shape index (κ1) is 23.8. The minimum atomic E-state index is -0.847. The number of methoxy groups -OCH3 is 1. The van der Waals surface area contributed by atoms with E-state index in [1.54, 1.807) is 7.11 Å². The van der Waals surface area contributed by atoms with Crippen molar-refractivity contribution in [3.8, 4) is 0 Å². The molecule has 194 valence electrons. The second kappa shape index (κ2) is 8.21. The highest BCUT2D eigenvalue weighted by atomic mass is 16.7. The van der Waals surface area contributed by atoms with Crippen LogP contribution in [0, 0.1) is 57.7 Å². The summed E-state index contributed by atoms with van der Waals surface area (Å²) in [6, 6.07) is 0. The summed E-state index contributed by atoms with van der Waals surface area (Å²) in [5, 5.41) is 0. The lowest BCUT2D eigenvalue weighted by molar-refractivity contribution is -0.220. The average Bonchev–Trinajstić information content (AvgIpc) is 3.12. The predicted molar refractivity (Wildman–Crippen MR) is 128 cm³/mol. The van der Waals surface area contributed by atoms with Gasteiger partial charge in [0.1, 0.15) is 0 Å². The molecule has 0 aromatic carbocycles. The molecule has 6 saturated carbocycles. The third-order valence-electron chi connectivity index (χ3n) is 11.6. The molecule has 6 aliphatic rings. The maximum Gasteiger partial charge on any atom is 0.516 e. The summed E-state index contributed by atoms with van der Waals surface area (Å²) in [7, 11) is 1.57. The van der Waals surface area contributed by atoms with Crippen molar-refractivity contribution in [2.24, 2.45) is 57.7 Å². The molecule has 0 aromatic heterocycles. The summed E-state index contributed by atoms with van der Waals surface area (Å²) in [6.07, 6.45) is 12.7. The minimum Gasteiger partial charge on any atom is -0.469 e. The van der Waals surface area contributed by atoms with Gasteiger partial charge in [0.2, 0.25) is 0 Å². The van der Waals surface area contributed by atoms with Crippen LogP contribution in [-0.4, -0.2) is 31.8 Å². The van der Waals surface area contributed by atoms with E-state index < -0.39 is 6.16 Å². The van der Waals surface area contributed by atoms with Crippen LogP contribution in [0.15, 0.2) is 0 Å². The van der Waals surface area contributed by atoms with E-state index in [9.17, 15) is 14.4 Å². The van der Waals surface area contributed by atoms with Gasteiger partial charge in [0.15, 0.2) is 0 Å². The van der Waals surface area contributed by atoms with Gasteiger partial charge in [-0.3, -0.25) is 9.59 Å². The number of rotatable bonds is 5. The first-order valence-corrected chi connectivity index (χ1v) is 14.2. The van der Waals surface area contributed by atoms with E-state index >= 15 is 0 Å². The lowest BCUT2D eigenvalue weighted by Gasteiger charge is -2.67. The van der Waals surface area contributed by atoms with E-state index in [1.807, 2.05) is 13.8 Å². The van der Waals surface area contributed by atoms with Crippen molar-refractivity contribution in [2.75, 3.05) is 13.7 Å². The maximum atomic E-state index is 13.1. The molecule has 0 aliphatic heterocycles.